The highest BCUT2D eigenvalue weighted by Crippen LogP contribution is 2.26. The van der Waals surface area contributed by atoms with Crippen LogP contribution in [0.15, 0.2) is 30.3 Å². The number of benzene rings is 1. The lowest BCUT2D eigenvalue weighted by Gasteiger charge is -2.30. The molecule has 1 aliphatic heterocycles. The number of piperidine rings is 1. The highest BCUT2D eigenvalue weighted by molar-refractivity contribution is 7.96. The van der Waals surface area contributed by atoms with Crippen LogP contribution in [-0.4, -0.2) is 17.4 Å². The molecule has 1 saturated heterocycles. The van der Waals surface area contributed by atoms with Crippen LogP contribution < -0.4 is 0 Å². The van der Waals surface area contributed by atoms with Gasteiger partial charge in [0.1, 0.15) is 0 Å². The van der Waals surface area contributed by atoms with E-state index in [1.807, 2.05) is 39.6 Å². The summed E-state index contributed by atoms with van der Waals surface area (Å²) in [5, 5.41) is 0. The summed E-state index contributed by atoms with van der Waals surface area (Å²) >= 11 is 2.00. The van der Waals surface area contributed by atoms with E-state index >= 15 is 0 Å². The summed E-state index contributed by atoms with van der Waals surface area (Å²) in [6, 6.07) is 10.8. The van der Waals surface area contributed by atoms with Gasteiger partial charge in [-0.25, -0.2) is 0 Å². The van der Waals surface area contributed by atoms with Crippen LogP contribution in [0.25, 0.3) is 0 Å². The van der Waals surface area contributed by atoms with Crippen LogP contribution >= 0.6 is 11.9 Å². The van der Waals surface area contributed by atoms with Gasteiger partial charge in [-0.3, -0.25) is 4.31 Å². The Labute approximate surface area is 131 Å². The zero-order chi connectivity index (χ0) is 15.2. The predicted octanol–water partition coefficient (Wildman–Crippen LogP) is 6.01. The average molecular weight is 296 g/mol. The van der Waals surface area contributed by atoms with E-state index in [4.69, 9.17) is 0 Å². The van der Waals surface area contributed by atoms with Gasteiger partial charge < -0.3 is 0 Å². The second-order valence-electron chi connectivity index (χ2n) is 4.54. The molecule has 0 amide bonds. The summed E-state index contributed by atoms with van der Waals surface area (Å²) in [5.74, 6) is 2.10. The van der Waals surface area contributed by atoms with E-state index in [2.05, 4.69) is 41.6 Å². The minimum Gasteiger partial charge on any atom is -0.250 e. The smallest absolute Gasteiger partial charge is 0.0332 e. The van der Waals surface area contributed by atoms with Gasteiger partial charge in [-0.15, -0.1) is 0 Å². The van der Waals surface area contributed by atoms with E-state index in [0.29, 0.717) is 0 Å². The van der Waals surface area contributed by atoms with Crippen LogP contribution in [0.3, 0.4) is 0 Å². The third-order valence-electron chi connectivity index (χ3n) is 3.41. The first kappa shape index (κ1) is 19.5. The quantitative estimate of drug-likeness (QED) is 0.626. The Hall–Kier alpha value is -0.470. The molecular weight excluding hydrogens is 262 g/mol. The van der Waals surface area contributed by atoms with Crippen molar-refractivity contribution < 1.29 is 0 Å². The molecule has 0 saturated carbocycles. The maximum Gasteiger partial charge on any atom is 0.0332 e. The van der Waals surface area contributed by atoms with Crippen LogP contribution in [0.4, 0.5) is 0 Å². The monoisotopic (exact) mass is 295 g/mol. The van der Waals surface area contributed by atoms with Gasteiger partial charge >= 0.3 is 0 Å². The Morgan fingerprint density at radius 2 is 1.55 bits per heavy atom. The van der Waals surface area contributed by atoms with Gasteiger partial charge in [0, 0.05) is 18.8 Å². The van der Waals surface area contributed by atoms with Crippen molar-refractivity contribution in [1.29, 1.82) is 0 Å². The molecule has 1 aromatic carbocycles. The number of hydrogen-bond donors (Lipinski definition) is 0. The fourth-order valence-electron chi connectivity index (χ4n) is 2.19. The summed E-state index contributed by atoms with van der Waals surface area (Å²) in [4.78, 5) is 0. The molecule has 1 fully saturated rings. The summed E-state index contributed by atoms with van der Waals surface area (Å²) in [6.45, 7) is 12.9. The zero-order valence-corrected chi connectivity index (χ0v) is 14.9. The molecule has 0 spiro atoms. The molecule has 0 N–H and O–H groups in total. The predicted molar refractivity (Wildman–Crippen MR) is 95.0 cm³/mol. The lowest BCUT2D eigenvalue weighted by Crippen LogP contribution is -2.28. The van der Waals surface area contributed by atoms with Crippen LogP contribution in [0, 0.1) is 5.92 Å². The molecule has 1 nitrogen and oxygen atoms in total. The molecule has 0 aliphatic carbocycles. The highest BCUT2D eigenvalue weighted by atomic mass is 32.2. The molecule has 2 heteroatoms. The summed E-state index contributed by atoms with van der Waals surface area (Å²) in [5.41, 5.74) is 1.44. The van der Waals surface area contributed by atoms with E-state index in [1.54, 1.807) is 0 Å². The molecule has 0 aromatic heterocycles. The van der Waals surface area contributed by atoms with Gasteiger partial charge in [-0.1, -0.05) is 83.3 Å². The van der Waals surface area contributed by atoms with Gasteiger partial charge in [0.05, 0.1) is 0 Å². The third-order valence-corrected chi connectivity index (χ3v) is 4.60. The highest BCUT2D eigenvalue weighted by Gasteiger charge is 2.17. The van der Waals surface area contributed by atoms with E-state index in [1.165, 1.54) is 37.9 Å². The largest absolute Gasteiger partial charge is 0.250 e. The van der Waals surface area contributed by atoms with Crippen molar-refractivity contribution in [2.75, 3.05) is 13.1 Å². The van der Waals surface area contributed by atoms with Crippen molar-refractivity contribution in [3.63, 3.8) is 0 Å². The average Bonchev–Trinajstić information content (AvgIpc) is 2.58. The fourth-order valence-corrected chi connectivity index (χ4v) is 3.18. The standard InChI is InChI=1S/C14H21NS.2C2H6/c1-2-13-8-10-15(11-9-13)16-12-14-6-4-3-5-7-14;2*1-2/h3-7,13H,2,8-12H2,1H3;2*1-2H3. The molecule has 1 aromatic rings. The Balaban J connectivity index is 0.000000829. The molecule has 0 radical (unpaired) electrons. The third kappa shape index (κ3) is 7.96. The van der Waals surface area contributed by atoms with E-state index in [-0.39, 0.29) is 0 Å². The van der Waals surface area contributed by atoms with Crippen molar-refractivity contribution in [3.8, 4) is 0 Å². The van der Waals surface area contributed by atoms with Gasteiger partial charge in [0.2, 0.25) is 0 Å². The first-order chi connectivity index (χ1) is 9.88. The number of rotatable bonds is 4. The van der Waals surface area contributed by atoms with Gasteiger partial charge in [-0.2, -0.15) is 0 Å². The summed E-state index contributed by atoms with van der Waals surface area (Å²) in [7, 11) is 0. The van der Waals surface area contributed by atoms with Crippen molar-refractivity contribution >= 4 is 11.9 Å². The number of nitrogens with zero attached hydrogens (tertiary/aromatic N) is 1. The molecule has 0 bridgehead atoms. The van der Waals surface area contributed by atoms with Gasteiger partial charge in [0.15, 0.2) is 0 Å². The Bertz CT molecular complexity index is 292. The van der Waals surface area contributed by atoms with Crippen LogP contribution in [-0.2, 0) is 5.75 Å². The Morgan fingerprint density at radius 3 is 2.05 bits per heavy atom. The van der Waals surface area contributed by atoms with Crippen LogP contribution in [0.1, 0.15) is 59.4 Å². The van der Waals surface area contributed by atoms with E-state index < -0.39 is 0 Å². The van der Waals surface area contributed by atoms with E-state index in [0.717, 1.165) is 11.7 Å². The molecule has 20 heavy (non-hydrogen) atoms. The molecule has 116 valence electrons. The van der Waals surface area contributed by atoms with Gasteiger partial charge in [0.25, 0.3) is 0 Å². The molecule has 0 atom stereocenters. The minimum atomic E-state index is 0.980. The van der Waals surface area contributed by atoms with E-state index in [9.17, 15) is 0 Å². The summed E-state index contributed by atoms with van der Waals surface area (Å²) < 4.78 is 2.54. The topological polar surface area (TPSA) is 3.24 Å². The maximum atomic E-state index is 2.54. The Morgan fingerprint density at radius 1 is 1.00 bits per heavy atom. The lowest BCUT2D eigenvalue weighted by atomic mass is 9.96. The second-order valence-corrected chi connectivity index (χ2v) is 5.60. The molecule has 1 heterocycles. The van der Waals surface area contributed by atoms with Crippen molar-refractivity contribution in [2.45, 2.75) is 59.6 Å². The first-order valence-electron chi connectivity index (χ1n) is 8.30. The summed E-state index contributed by atoms with van der Waals surface area (Å²) in [6.07, 6.45) is 4.13. The molecule has 2 rings (SSSR count). The van der Waals surface area contributed by atoms with Gasteiger partial charge in [-0.05, 0) is 24.3 Å². The number of hydrogen-bond acceptors (Lipinski definition) is 2. The maximum absolute atomic E-state index is 2.54. The van der Waals surface area contributed by atoms with Crippen LogP contribution in [0.5, 0.6) is 0 Å². The lowest BCUT2D eigenvalue weighted by molar-refractivity contribution is 0.286. The second kappa shape index (κ2) is 13.5. The van der Waals surface area contributed by atoms with Crippen molar-refractivity contribution in [3.05, 3.63) is 35.9 Å². The zero-order valence-electron chi connectivity index (χ0n) is 14.1. The van der Waals surface area contributed by atoms with Crippen LogP contribution in [0.2, 0.25) is 0 Å². The fraction of sp³-hybridized carbons (Fsp3) is 0.667. The molecular formula is C18H33NS. The first-order valence-corrected chi connectivity index (χ1v) is 9.24. The van der Waals surface area contributed by atoms with Crippen molar-refractivity contribution in [1.82, 2.24) is 4.31 Å². The minimum absolute atomic E-state index is 0.980. The molecule has 0 unspecified atom stereocenters. The molecule has 1 aliphatic rings. The SMILES string of the molecule is CC.CC.CCC1CCN(SCc2ccccc2)CC1. The van der Waals surface area contributed by atoms with Crippen molar-refractivity contribution in [2.24, 2.45) is 5.92 Å². The normalized spacial score (nSPS) is 15.7. The Kier molecular flexibility index (Phi) is 13.2.